The van der Waals surface area contributed by atoms with E-state index in [0.717, 1.165) is 31.9 Å². The zero-order valence-electron chi connectivity index (χ0n) is 11.1. The molecular weight excluding hydrogens is 253 g/mol. The van der Waals surface area contributed by atoms with Crippen LogP contribution in [0.4, 0.5) is 18.9 Å². The maximum absolute atomic E-state index is 13.8. The van der Waals surface area contributed by atoms with Crippen molar-refractivity contribution in [2.24, 2.45) is 0 Å². The number of halogens is 3. The Bertz CT molecular complexity index is 437. The predicted molar refractivity (Wildman–Crippen MR) is 69.8 cm³/mol. The summed E-state index contributed by atoms with van der Waals surface area (Å²) in [6.07, 6.45) is 2.73. The molecule has 0 bridgehead atoms. The molecule has 0 aromatic heterocycles. The normalized spacial score (nSPS) is 21.1. The van der Waals surface area contributed by atoms with Crippen molar-refractivity contribution in [1.29, 1.82) is 0 Å². The van der Waals surface area contributed by atoms with Gasteiger partial charge in [0.2, 0.25) is 0 Å². The highest BCUT2D eigenvalue weighted by molar-refractivity contribution is 5.48. The van der Waals surface area contributed by atoms with Crippen molar-refractivity contribution in [3.05, 3.63) is 29.6 Å². The van der Waals surface area contributed by atoms with Gasteiger partial charge in [-0.05, 0) is 37.9 Å². The third-order valence-corrected chi connectivity index (χ3v) is 3.63. The van der Waals surface area contributed by atoms with E-state index in [0.29, 0.717) is 19.1 Å². The van der Waals surface area contributed by atoms with Crippen molar-refractivity contribution in [1.82, 2.24) is 5.32 Å². The molecule has 0 saturated carbocycles. The maximum atomic E-state index is 13.8. The van der Waals surface area contributed by atoms with Crippen LogP contribution < -0.4 is 10.2 Å². The molecule has 2 rings (SSSR count). The van der Waals surface area contributed by atoms with Crippen molar-refractivity contribution in [2.75, 3.05) is 24.5 Å². The highest BCUT2D eigenvalue weighted by Gasteiger charge is 2.20. The van der Waals surface area contributed by atoms with E-state index in [4.69, 9.17) is 0 Å². The highest BCUT2D eigenvalue weighted by atomic mass is 19.2. The minimum absolute atomic E-state index is 0.163. The van der Waals surface area contributed by atoms with E-state index >= 15 is 0 Å². The van der Waals surface area contributed by atoms with E-state index < -0.39 is 17.5 Å². The van der Waals surface area contributed by atoms with Gasteiger partial charge in [-0.3, -0.25) is 0 Å². The third kappa shape index (κ3) is 3.21. The lowest BCUT2D eigenvalue weighted by atomic mass is 10.1. The molecule has 19 heavy (non-hydrogen) atoms. The number of anilines is 1. The van der Waals surface area contributed by atoms with Gasteiger partial charge in [-0.25, -0.2) is 13.2 Å². The SMILES string of the molecule is CCC1CCN(c2ccc(F)c(F)c2F)CCCN1. The topological polar surface area (TPSA) is 15.3 Å². The first-order valence-electron chi connectivity index (χ1n) is 6.75. The predicted octanol–water partition coefficient (Wildman–Crippen LogP) is 3.07. The van der Waals surface area contributed by atoms with Crippen molar-refractivity contribution < 1.29 is 13.2 Å². The van der Waals surface area contributed by atoms with Gasteiger partial charge in [0.1, 0.15) is 0 Å². The van der Waals surface area contributed by atoms with E-state index in [1.54, 1.807) is 4.90 Å². The molecule has 1 aromatic rings. The molecule has 1 aromatic carbocycles. The molecule has 0 spiro atoms. The molecule has 0 radical (unpaired) electrons. The van der Waals surface area contributed by atoms with Crippen LogP contribution in [0.3, 0.4) is 0 Å². The Morgan fingerprint density at radius 3 is 2.74 bits per heavy atom. The fourth-order valence-corrected chi connectivity index (χ4v) is 2.45. The minimum atomic E-state index is -1.38. The Morgan fingerprint density at radius 2 is 2.00 bits per heavy atom. The van der Waals surface area contributed by atoms with Crippen LogP contribution in [0.1, 0.15) is 26.2 Å². The highest BCUT2D eigenvalue weighted by Crippen LogP contribution is 2.24. The second-order valence-corrected chi connectivity index (χ2v) is 4.88. The smallest absolute Gasteiger partial charge is 0.196 e. The van der Waals surface area contributed by atoms with Crippen LogP contribution in [-0.2, 0) is 0 Å². The summed E-state index contributed by atoms with van der Waals surface area (Å²) in [5.41, 5.74) is 0.163. The number of rotatable bonds is 2. The third-order valence-electron chi connectivity index (χ3n) is 3.63. The molecule has 1 saturated heterocycles. The van der Waals surface area contributed by atoms with Crippen LogP contribution in [0.2, 0.25) is 0 Å². The summed E-state index contributed by atoms with van der Waals surface area (Å²) in [4.78, 5) is 1.81. The molecular formula is C14H19F3N2. The van der Waals surface area contributed by atoms with Gasteiger partial charge in [-0.15, -0.1) is 0 Å². The first kappa shape index (κ1) is 14.2. The molecule has 5 heteroatoms. The average Bonchev–Trinajstić information content (AvgIpc) is 2.38. The van der Waals surface area contributed by atoms with Gasteiger partial charge in [0.15, 0.2) is 17.5 Å². The fourth-order valence-electron chi connectivity index (χ4n) is 2.45. The number of hydrogen-bond acceptors (Lipinski definition) is 2. The summed E-state index contributed by atoms with van der Waals surface area (Å²) >= 11 is 0. The van der Waals surface area contributed by atoms with E-state index in [2.05, 4.69) is 12.2 Å². The Balaban J connectivity index is 2.18. The first-order chi connectivity index (χ1) is 9.13. The molecule has 106 valence electrons. The van der Waals surface area contributed by atoms with Crippen molar-refractivity contribution in [3.8, 4) is 0 Å². The standard InChI is InChI=1S/C14H19F3N2/c1-2-10-6-9-19(8-3-7-18-10)12-5-4-11(15)13(16)14(12)17/h4-5,10,18H,2-3,6-9H2,1H3. The van der Waals surface area contributed by atoms with Gasteiger partial charge in [0.25, 0.3) is 0 Å². The molecule has 0 amide bonds. The van der Waals surface area contributed by atoms with Crippen LogP contribution in [0.5, 0.6) is 0 Å². The van der Waals surface area contributed by atoms with Crippen LogP contribution in [-0.4, -0.2) is 25.7 Å². The molecule has 0 aliphatic carbocycles. The molecule has 1 unspecified atom stereocenters. The summed E-state index contributed by atoms with van der Waals surface area (Å²) in [6, 6.07) is 2.71. The molecule has 1 fully saturated rings. The summed E-state index contributed by atoms with van der Waals surface area (Å²) in [7, 11) is 0. The minimum Gasteiger partial charge on any atom is -0.369 e. The molecule has 1 heterocycles. The van der Waals surface area contributed by atoms with Crippen LogP contribution >= 0.6 is 0 Å². The van der Waals surface area contributed by atoms with E-state index in [1.165, 1.54) is 6.07 Å². The van der Waals surface area contributed by atoms with E-state index in [9.17, 15) is 13.2 Å². The van der Waals surface area contributed by atoms with Gasteiger partial charge < -0.3 is 10.2 Å². The zero-order valence-corrected chi connectivity index (χ0v) is 11.1. The Hall–Kier alpha value is -1.23. The molecule has 2 nitrogen and oxygen atoms in total. The van der Waals surface area contributed by atoms with Gasteiger partial charge >= 0.3 is 0 Å². The molecule has 1 atom stereocenters. The molecule has 1 aliphatic rings. The van der Waals surface area contributed by atoms with Gasteiger partial charge in [0.05, 0.1) is 5.69 Å². The Labute approximate surface area is 111 Å². The summed E-state index contributed by atoms with van der Waals surface area (Å²) < 4.78 is 40.0. The second-order valence-electron chi connectivity index (χ2n) is 4.88. The molecule has 1 aliphatic heterocycles. The lowest BCUT2D eigenvalue weighted by Crippen LogP contribution is -2.40. The monoisotopic (exact) mass is 272 g/mol. The van der Waals surface area contributed by atoms with E-state index in [-0.39, 0.29) is 5.69 Å². The number of nitrogens with one attached hydrogen (secondary N) is 1. The summed E-state index contributed by atoms with van der Waals surface area (Å²) in [5, 5.41) is 3.42. The van der Waals surface area contributed by atoms with Crippen LogP contribution in [0, 0.1) is 17.5 Å². The van der Waals surface area contributed by atoms with Crippen LogP contribution in [0.15, 0.2) is 12.1 Å². The Kier molecular flexibility index (Phi) is 4.69. The van der Waals surface area contributed by atoms with Crippen molar-refractivity contribution in [2.45, 2.75) is 32.2 Å². The van der Waals surface area contributed by atoms with Gasteiger partial charge in [-0.1, -0.05) is 6.92 Å². The summed E-state index contributed by atoms with van der Waals surface area (Å²) in [5.74, 6) is -3.60. The number of hydrogen-bond donors (Lipinski definition) is 1. The fraction of sp³-hybridized carbons (Fsp3) is 0.571. The maximum Gasteiger partial charge on any atom is 0.196 e. The average molecular weight is 272 g/mol. The van der Waals surface area contributed by atoms with Crippen LogP contribution in [0.25, 0.3) is 0 Å². The van der Waals surface area contributed by atoms with Crippen molar-refractivity contribution >= 4 is 5.69 Å². The Morgan fingerprint density at radius 1 is 1.21 bits per heavy atom. The first-order valence-corrected chi connectivity index (χ1v) is 6.75. The van der Waals surface area contributed by atoms with E-state index in [1.807, 2.05) is 0 Å². The lowest BCUT2D eigenvalue weighted by molar-refractivity contribution is 0.427. The zero-order chi connectivity index (χ0) is 13.8. The van der Waals surface area contributed by atoms with Gasteiger partial charge in [-0.2, -0.15) is 0 Å². The van der Waals surface area contributed by atoms with Crippen molar-refractivity contribution in [3.63, 3.8) is 0 Å². The molecule has 1 N–H and O–H groups in total. The van der Waals surface area contributed by atoms with Gasteiger partial charge in [0, 0.05) is 19.1 Å². The lowest BCUT2D eigenvalue weighted by Gasteiger charge is -2.30. The number of nitrogens with zero attached hydrogens (tertiary/aromatic N) is 1. The summed E-state index contributed by atoms with van der Waals surface area (Å²) in [6.45, 7) is 4.25. The number of benzene rings is 1. The quantitative estimate of drug-likeness (QED) is 0.832. The largest absolute Gasteiger partial charge is 0.369 e. The second kappa shape index (κ2) is 6.28.